The minimum Gasteiger partial charge on any atom is -0.496 e. The van der Waals surface area contributed by atoms with E-state index in [4.69, 9.17) is 9.84 Å². The van der Waals surface area contributed by atoms with Gasteiger partial charge in [0.1, 0.15) is 5.75 Å². The summed E-state index contributed by atoms with van der Waals surface area (Å²) in [7, 11) is 1.44. The zero-order chi connectivity index (χ0) is 11.4. The van der Waals surface area contributed by atoms with Crippen LogP contribution < -0.4 is 4.74 Å². The van der Waals surface area contributed by atoms with E-state index in [1.165, 1.54) is 7.11 Å². The van der Waals surface area contributed by atoms with Crippen LogP contribution in [-0.2, 0) is 11.2 Å². The maximum Gasteiger partial charge on any atom is 0.337 e. The van der Waals surface area contributed by atoms with Crippen molar-refractivity contribution in [3.63, 3.8) is 0 Å². The van der Waals surface area contributed by atoms with Crippen LogP contribution in [0.25, 0.3) is 0 Å². The Kier molecular flexibility index (Phi) is 3.68. The minimum atomic E-state index is -1.54. The van der Waals surface area contributed by atoms with E-state index in [1.807, 2.05) is 13.0 Å². The third-order valence-corrected chi connectivity index (χ3v) is 2.23. The number of methoxy groups -OCH3 is 1. The summed E-state index contributed by atoms with van der Waals surface area (Å²) < 4.78 is 4.99. The van der Waals surface area contributed by atoms with Gasteiger partial charge in [0.2, 0.25) is 0 Å². The fraction of sp³-hybridized carbons (Fsp3) is 0.364. The van der Waals surface area contributed by atoms with Gasteiger partial charge in [-0.05, 0) is 24.1 Å². The molecule has 1 unspecified atom stereocenters. The van der Waals surface area contributed by atoms with Crippen molar-refractivity contribution in [1.82, 2.24) is 0 Å². The molecule has 0 aliphatic heterocycles. The number of hydrogen-bond donors (Lipinski definition) is 2. The maximum absolute atomic E-state index is 10.7. The van der Waals surface area contributed by atoms with E-state index in [-0.39, 0.29) is 0 Å². The third-order valence-electron chi connectivity index (χ3n) is 2.23. The highest BCUT2D eigenvalue weighted by molar-refractivity contribution is 5.75. The molecule has 0 heterocycles. The second-order valence-electron chi connectivity index (χ2n) is 3.17. The number of benzene rings is 1. The lowest BCUT2D eigenvalue weighted by molar-refractivity contribution is -0.147. The Hall–Kier alpha value is -1.55. The summed E-state index contributed by atoms with van der Waals surface area (Å²) in [5.41, 5.74) is 1.26. The number of hydrogen-bond acceptors (Lipinski definition) is 3. The first-order valence-electron chi connectivity index (χ1n) is 4.67. The van der Waals surface area contributed by atoms with E-state index in [0.29, 0.717) is 11.3 Å². The summed E-state index contributed by atoms with van der Waals surface area (Å²) in [4.78, 5) is 10.7. The molecule has 0 radical (unpaired) electrons. The van der Waals surface area contributed by atoms with Crippen LogP contribution in [0.2, 0.25) is 0 Å². The van der Waals surface area contributed by atoms with Crippen LogP contribution in [-0.4, -0.2) is 23.3 Å². The first kappa shape index (κ1) is 11.5. The van der Waals surface area contributed by atoms with Crippen molar-refractivity contribution in [3.8, 4) is 5.75 Å². The van der Waals surface area contributed by atoms with Gasteiger partial charge in [-0.3, -0.25) is 0 Å². The van der Waals surface area contributed by atoms with Crippen molar-refractivity contribution in [1.29, 1.82) is 0 Å². The van der Waals surface area contributed by atoms with Crippen LogP contribution in [0.1, 0.15) is 24.2 Å². The second kappa shape index (κ2) is 4.79. The van der Waals surface area contributed by atoms with Gasteiger partial charge in [0, 0.05) is 5.56 Å². The van der Waals surface area contributed by atoms with Gasteiger partial charge in [0.25, 0.3) is 0 Å². The quantitative estimate of drug-likeness (QED) is 0.787. The van der Waals surface area contributed by atoms with Crippen LogP contribution in [0.3, 0.4) is 0 Å². The average molecular weight is 210 g/mol. The molecule has 82 valence electrons. The van der Waals surface area contributed by atoms with E-state index in [1.54, 1.807) is 12.1 Å². The predicted molar refractivity (Wildman–Crippen MR) is 55.0 cm³/mol. The lowest BCUT2D eigenvalue weighted by atomic mass is 10.0. The zero-order valence-corrected chi connectivity index (χ0v) is 8.73. The molecule has 0 spiro atoms. The molecule has 0 aliphatic rings. The molecule has 0 bridgehead atoms. The number of aryl methyl sites for hydroxylation is 1. The van der Waals surface area contributed by atoms with E-state index < -0.39 is 12.1 Å². The van der Waals surface area contributed by atoms with Gasteiger partial charge in [-0.25, -0.2) is 4.79 Å². The summed E-state index contributed by atoms with van der Waals surface area (Å²) in [6.45, 7) is 1.96. The number of carboxylic acids is 1. The van der Waals surface area contributed by atoms with Crippen LogP contribution in [0.5, 0.6) is 5.75 Å². The van der Waals surface area contributed by atoms with Crippen molar-refractivity contribution in [2.45, 2.75) is 19.4 Å². The first-order chi connectivity index (χ1) is 7.10. The summed E-state index contributed by atoms with van der Waals surface area (Å²) in [5.74, 6) is -0.886. The molecule has 0 saturated heterocycles. The molecule has 0 aromatic heterocycles. The van der Waals surface area contributed by atoms with E-state index in [2.05, 4.69) is 0 Å². The number of rotatable bonds is 4. The molecule has 4 nitrogen and oxygen atoms in total. The Morgan fingerprint density at radius 3 is 2.67 bits per heavy atom. The molecule has 15 heavy (non-hydrogen) atoms. The van der Waals surface area contributed by atoms with Crippen molar-refractivity contribution in [2.75, 3.05) is 7.11 Å². The number of aliphatic hydroxyl groups is 1. The molecule has 0 amide bonds. The Morgan fingerprint density at radius 2 is 2.20 bits per heavy atom. The van der Waals surface area contributed by atoms with Gasteiger partial charge in [-0.1, -0.05) is 13.0 Å². The van der Waals surface area contributed by atoms with Crippen molar-refractivity contribution in [3.05, 3.63) is 29.3 Å². The molecule has 1 atom stereocenters. The van der Waals surface area contributed by atoms with Crippen LogP contribution in [0.15, 0.2) is 18.2 Å². The molecule has 2 N–H and O–H groups in total. The number of ether oxygens (including phenoxy) is 1. The van der Waals surface area contributed by atoms with Crippen molar-refractivity contribution >= 4 is 5.97 Å². The molecule has 0 aliphatic carbocycles. The molecule has 1 aromatic rings. The Bertz CT molecular complexity index is 360. The number of carbonyl (C=O) groups is 1. The Labute approximate surface area is 88.1 Å². The average Bonchev–Trinajstić information content (AvgIpc) is 2.27. The molecule has 0 fully saturated rings. The number of aliphatic hydroxyl groups excluding tert-OH is 1. The van der Waals surface area contributed by atoms with Gasteiger partial charge >= 0.3 is 5.97 Å². The highest BCUT2D eigenvalue weighted by Gasteiger charge is 2.20. The van der Waals surface area contributed by atoms with Gasteiger partial charge in [0.05, 0.1) is 7.11 Å². The third kappa shape index (κ3) is 2.47. The predicted octanol–water partition coefficient (Wildman–Crippen LogP) is 1.38. The van der Waals surface area contributed by atoms with E-state index in [0.717, 1.165) is 12.0 Å². The second-order valence-corrected chi connectivity index (χ2v) is 3.17. The molecule has 1 rings (SSSR count). The molecule has 4 heteroatoms. The lowest BCUT2D eigenvalue weighted by Gasteiger charge is -2.12. The first-order valence-corrected chi connectivity index (χ1v) is 4.67. The normalized spacial score (nSPS) is 12.2. The summed E-state index contributed by atoms with van der Waals surface area (Å²) >= 11 is 0. The topological polar surface area (TPSA) is 66.8 Å². The highest BCUT2D eigenvalue weighted by Crippen LogP contribution is 2.26. The fourth-order valence-corrected chi connectivity index (χ4v) is 1.35. The summed E-state index contributed by atoms with van der Waals surface area (Å²) in [5, 5.41) is 18.2. The largest absolute Gasteiger partial charge is 0.496 e. The molecule has 1 aromatic carbocycles. The fourth-order valence-electron chi connectivity index (χ4n) is 1.35. The monoisotopic (exact) mass is 210 g/mol. The molecule has 0 saturated carbocycles. The van der Waals surface area contributed by atoms with Gasteiger partial charge in [-0.15, -0.1) is 0 Å². The van der Waals surface area contributed by atoms with Crippen LogP contribution in [0, 0.1) is 0 Å². The maximum atomic E-state index is 10.7. The number of carboxylic acid groups (broad SMARTS) is 1. The summed E-state index contributed by atoms with van der Waals surface area (Å²) in [6.07, 6.45) is -0.755. The minimum absolute atomic E-state index is 0.296. The highest BCUT2D eigenvalue weighted by atomic mass is 16.5. The molecular weight excluding hydrogens is 196 g/mol. The summed E-state index contributed by atoms with van der Waals surface area (Å²) in [6, 6.07) is 5.16. The SMILES string of the molecule is CCc1ccc(OC)c(C(O)C(=O)O)c1. The standard InChI is InChI=1S/C11H14O4/c1-3-7-4-5-9(15-2)8(6-7)10(12)11(13)14/h4-6,10,12H,3H2,1-2H3,(H,13,14). The zero-order valence-electron chi connectivity index (χ0n) is 8.73. The van der Waals surface area contributed by atoms with Crippen molar-refractivity contribution < 1.29 is 19.7 Å². The van der Waals surface area contributed by atoms with Gasteiger partial charge in [0.15, 0.2) is 6.10 Å². The van der Waals surface area contributed by atoms with Crippen LogP contribution >= 0.6 is 0 Å². The molecular formula is C11H14O4. The van der Waals surface area contributed by atoms with Gasteiger partial charge < -0.3 is 14.9 Å². The lowest BCUT2D eigenvalue weighted by Crippen LogP contribution is -2.12. The Balaban J connectivity index is 3.16. The smallest absolute Gasteiger partial charge is 0.337 e. The Morgan fingerprint density at radius 1 is 1.53 bits per heavy atom. The van der Waals surface area contributed by atoms with E-state index >= 15 is 0 Å². The number of aliphatic carboxylic acids is 1. The van der Waals surface area contributed by atoms with E-state index in [9.17, 15) is 9.90 Å². The van der Waals surface area contributed by atoms with Crippen LogP contribution in [0.4, 0.5) is 0 Å². The van der Waals surface area contributed by atoms with Gasteiger partial charge in [-0.2, -0.15) is 0 Å². The van der Waals surface area contributed by atoms with Crippen molar-refractivity contribution in [2.24, 2.45) is 0 Å².